The van der Waals surface area contributed by atoms with Crippen LogP contribution in [-0.2, 0) is 4.79 Å². The number of pyridine rings is 2. The van der Waals surface area contributed by atoms with E-state index in [0.717, 1.165) is 0 Å². The molecule has 0 bridgehead atoms. The first-order valence-corrected chi connectivity index (χ1v) is 12.4. The number of nitrogens with zero attached hydrogens (tertiary/aromatic N) is 4. The van der Waals surface area contributed by atoms with E-state index in [9.17, 15) is 14.0 Å². The number of rotatable bonds is 8. The van der Waals surface area contributed by atoms with Crippen molar-refractivity contribution < 1.29 is 14.0 Å². The molecule has 0 radical (unpaired) electrons. The summed E-state index contributed by atoms with van der Waals surface area (Å²) in [6.07, 6.45) is 5.29. The minimum absolute atomic E-state index is 0.0115. The molecule has 2 amide bonds. The van der Waals surface area contributed by atoms with Crippen molar-refractivity contribution in [1.82, 2.24) is 20.2 Å². The van der Waals surface area contributed by atoms with Gasteiger partial charge in [-0.15, -0.1) is 0 Å². The first-order valence-electron chi connectivity index (χ1n) is 12.4. The Balaban J connectivity index is 1.37. The average Bonchev–Trinajstić information content (AvgIpc) is 3.60. The molecule has 2 heterocycles. The molecule has 190 valence electrons. The van der Waals surface area contributed by atoms with Crippen LogP contribution < -0.4 is 16.0 Å². The van der Waals surface area contributed by atoms with Crippen LogP contribution in [0.3, 0.4) is 0 Å². The molecule has 10 heteroatoms. The molecular weight excluding hydrogens is 461 g/mol. The van der Waals surface area contributed by atoms with E-state index in [2.05, 4.69) is 25.9 Å². The van der Waals surface area contributed by atoms with Gasteiger partial charge in [0.2, 0.25) is 5.91 Å². The number of hydrogen-bond donors (Lipinski definition) is 3. The van der Waals surface area contributed by atoms with Gasteiger partial charge in [-0.25, -0.2) is 14.4 Å². The van der Waals surface area contributed by atoms with Gasteiger partial charge in [0.25, 0.3) is 5.91 Å². The SMILES string of the molecule is CC(C)Nc1cc(Nc2ccc(C#N)cn2)ncc1C(=O)NC1CCC(C(=O)N(C)[C@H]2C[C@H]2F)CC1. The highest BCUT2D eigenvalue weighted by Gasteiger charge is 2.44. The first kappa shape index (κ1) is 25.4. The summed E-state index contributed by atoms with van der Waals surface area (Å²) in [6, 6.07) is 6.94. The van der Waals surface area contributed by atoms with Crippen LogP contribution in [0.1, 0.15) is 61.9 Å². The molecule has 2 saturated carbocycles. The van der Waals surface area contributed by atoms with Crippen LogP contribution in [-0.4, -0.2) is 58.0 Å². The van der Waals surface area contributed by atoms with Crippen molar-refractivity contribution in [2.24, 2.45) is 5.92 Å². The molecule has 4 rings (SSSR count). The summed E-state index contributed by atoms with van der Waals surface area (Å²) in [5.41, 5.74) is 1.54. The maximum Gasteiger partial charge on any atom is 0.255 e. The Morgan fingerprint density at radius 3 is 2.42 bits per heavy atom. The lowest BCUT2D eigenvalue weighted by atomic mass is 9.85. The smallest absolute Gasteiger partial charge is 0.255 e. The van der Waals surface area contributed by atoms with Gasteiger partial charge in [0.1, 0.15) is 23.9 Å². The summed E-state index contributed by atoms with van der Waals surface area (Å²) in [6.45, 7) is 3.97. The van der Waals surface area contributed by atoms with Crippen molar-refractivity contribution in [3.63, 3.8) is 0 Å². The number of carbonyl (C=O) groups excluding carboxylic acids is 2. The van der Waals surface area contributed by atoms with Gasteiger partial charge in [-0.1, -0.05) is 0 Å². The summed E-state index contributed by atoms with van der Waals surface area (Å²) in [7, 11) is 1.69. The highest BCUT2D eigenvalue weighted by Crippen LogP contribution is 2.34. The Bertz CT molecular complexity index is 1140. The van der Waals surface area contributed by atoms with E-state index in [4.69, 9.17) is 5.26 Å². The topological polar surface area (TPSA) is 123 Å². The second kappa shape index (κ2) is 10.9. The molecule has 0 spiro atoms. The Hall–Kier alpha value is -3.74. The van der Waals surface area contributed by atoms with Crippen molar-refractivity contribution in [3.05, 3.63) is 41.7 Å². The Labute approximate surface area is 210 Å². The molecule has 9 nitrogen and oxygen atoms in total. The zero-order valence-electron chi connectivity index (χ0n) is 20.8. The van der Waals surface area contributed by atoms with Gasteiger partial charge < -0.3 is 20.9 Å². The van der Waals surface area contributed by atoms with Crippen molar-refractivity contribution in [1.29, 1.82) is 5.26 Å². The van der Waals surface area contributed by atoms with Crippen molar-refractivity contribution >= 4 is 29.1 Å². The molecule has 0 aromatic carbocycles. The third kappa shape index (κ3) is 6.08. The van der Waals surface area contributed by atoms with Crippen LogP contribution in [0.25, 0.3) is 0 Å². The predicted molar refractivity (Wildman–Crippen MR) is 135 cm³/mol. The van der Waals surface area contributed by atoms with Crippen molar-refractivity contribution in [3.8, 4) is 6.07 Å². The van der Waals surface area contributed by atoms with E-state index in [1.54, 1.807) is 30.1 Å². The molecule has 2 atom stereocenters. The molecule has 36 heavy (non-hydrogen) atoms. The van der Waals surface area contributed by atoms with E-state index >= 15 is 0 Å². The minimum Gasteiger partial charge on any atom is -0.382 e. The minimum atomic E-state index is -0.890. The maximum atomic E-state index is 13.3. The number of anilines is 3. The van der Waals surface area contributed by atoms with Crippen LogP contribution in [0, 0.1) is 17.2 Å². The molecule has 0 unspecified atom stereocenters. The number of nitriles is 1. The lowest BCUT2D eigenvalue weighted by Crippen LogP contribution is -2.42. The fourth-order valence-corrected chi connectivity index (χ4v) is 4.55. The fraction of sp³-hybridized carbons (Fsp3) is 0.500. The lowest BCUT2D eigenvalue weighted by Gasteiger charge is -2.31. The molecule has 2 aliphatic carbocycles. The Morgan fingerprint density at radius 2 is 1.83 bits per heavy atom. The average molecular weight is 494 g/mol. The van der Waals surface area contributed by atoms with E-state index in [1.165, 1.54) is 12.4 Å². The molecular formula is C26H32FN7O2. The van der Waals surface area contributed by atoms with Crippen LogP contribution in [0.2, 0.25) is 0 Å². The summed E-state index contributed by atoms with van der Waals surface area (Å²) in [4.78, 5) is 35.9. The number of halogens is 1. The predicted octanol–water partition coefficient (Wildman–Crippen LogP) is 3.77. The largest absolute Gasteiger partial charge is 0.382 e. The number of aromatic nitrogens is 2. The van der Waals surface area contributed by atoms with E-state index < -0.39 is 6.17 Å². The normalized spacial score (nSPS) is 22.9. The van der Waals surface area contributed by atoms with Gasteiger partial charge in [-0.05, 0) is 51.7 Å². The van der Waals surface area contributed by atoms with Crippen LogP contribution in [0.5, 0.6) is 0 Å². The second-order valence-electron chi connectivity index (χ2n) is 9.87. The van der Waals surface area contributed by atoms with Crippen molar-refractivity contribution in [2.75, 3.05) is 17.7 Å². The molecule has 0 aliphatic heterocycles. The van der Waals surface area contributed by atoms with Gasteiger partial charge in [0.15, 0.2) is 0 Å². The molecule has 2 fully saturated rings. The van der Waals surface area contributed by atoms with Gasteiger partial charge in [0.05, 0.1) is 22.9 Å². The van der Waals surface area contributed by atoms with E-state index in [0.29, 0.717) is 60.6 Å². The van der Waals surface area contributed by atoms with Crippen LogP contribution >= 0.6 is 0 Å². The van der Waals surface area contributed by atoms with E-state index in [1.807, 2.05) is 19.9 Å². The summed E-state index contributed by atoms with van der Waals surface area (Å²) in [5.74, 6) is 0.726. The zero-order chi connectivity index (χ0) is 25.8. The first-order chi connectivity index (χ1) is 17.2. The third-order valence-corrected chi connectivity index (χ3v) is 6.68. The summed E-state index contributed by atoms with van der Waals surface area (Å²) in [5, 5.41) is 18.4. The number of alkyl halides is 1. The van der Waals surface area contributed by atoms with Gasteiger partial charge >= 0.3 is 0 Å². The number of nitrogens with one attached hydrogen (secondary N) is 3. The quantitative estimate of drug-likeness (QED) is 0.511. The Kier molecular flexibility index (Phi) is 7.67. The van der Waals surface area contributed by atoms with E-state index in [-0.39, 0.29) is 35.9 Å². The maximum absolute atomic E-state index is 13.3. The van der Waals surface area contributed by atoms with Gasteiger partial charge in [-0.2, -0.15) is 5.26 Å². The number of carbonyl (C=O) groups is 2. The van der Waals surface area contributed by atoms with Crippen LogP contribution in [0.4, 0.5) is 21.7 Å². The van der Waals surface area contributed by atoms with Crippen molar-refractivity contribution in [2.45, 2.75) is 70.2 Å². The Morgan fingerprint density at radius 1 is 1.14 bits per heavy atom. The standard InChI is InChI=1S/C26H32FN7O2/c1-15(2)31-21-11-24(33-23-9-4-16(12-28)13-29-23)30-14-19(21)25(35)32-18-7-5-17(6-8-18)26(36)34(3)22-10-20(22)27/h4,9,11,13-15,17-18,20,22H,5-8,10H2,1-3H3,(H,32,35)(H2,29,30,31,33)/t17?,18?,20-,22+/m1/s1. The van der Waals surface area contributed by atoms with Gasteiger partial charge in [-0.3, -0.25) is 9.59 Å². The molecule has 3 N–H and O–H groups in total. The highest BCUT2D eigenvalue weighted by molar-refractivity contribution is 6.00. The molecule has 0 saturated heterocycles. The van der Waals surface area contributed by atoms with Gasteiger partial charge in [0, 0.05) is 49.9 Å². The monoisotopic (exact) mass is 493 g/mol. The van der Waals surface area contributed by atoms with Crippen LogP contribution in [0.15, 0.2) is 30.6 Å². The lowest BCUT2D eigenvalue weighted by molar-refractivity contribution is -0.136. The molecule has 2 aromatic heterocycles. The fourth-order valence-electron chi connectivity index (χ4n) is 4.55. The highest BCUT2D eigenvalue weighted by atomic mass is 19.1. The number of hydrogen-bond acceptors (Lipinski definition) is 7. The second-order valence-corrected chi connectivity index (χ2v) is 9.87. The summed E-state index contributed by atoms with van der Waals surface area (Å²) < 4.78 is 13.3. The summed E-state index contributed by atoms with van der Waals surface area (Å²) >= 11 is 0. The number of amides is 2. The molecule has 2 aliphatic rings. The molecule has 2 aromatic rings. The zero-order valence-corrected chi connectivity index (χ0v) is 20.8. The third-order valence-electron chi connectivity index (χ3n) is 6.68.